The van der Waals surface area contributed by atoms with Crippen LogP contribution in [0.25, 0.3) is 0 Å². The number of benzene rings is 2. The van der Waals surface area contributed by atoms with Crippen LogP contribution in [0.5, 0.6) is 0 Å². The SMILES string of the molecule is C=C[CH+]CN(Cc1ccccc1)S(=O)(=O)c1ccc(C)cc1. The molecule has 0 bridgehead atoms. The van der Waals surface area contributed by atoms with Crippen LogP contribution in [0.3, 0.4) is 0 Å². The van der Waals surface area contributed by atoms with Crippen LogP contribution in [0.2, 0.25) is 0 Å². The third kappa shape index (κ3) is 4.00. The fourth-order valence-corrected chi connectivity index (χ4v) is 3.47. The van der Waals surface area contributed by atoms with Crippen molar-refractivity contribution in [2.24, 2.45) is 0 Å². The van der Waals surface area contributed by atoms with Crippen LogP contribution in [0, 0.1) is 13.3 Å². The van der Waals surface area contributed by atoms with Crippen molar-refractivity contribution in [3.8, 4) is 0 Å². The van der Waals surface area contributed by atoms with Crippen molar-refractivity contribution in [2.45, 2.75) is 18.4 Å². The minimum atomic E-state index is -3.53. The maximum atomic E-state index is 12.8. The van der Waals surface area contributed by atoms with Gasteiger partial charge in [0.15, 0.2) is 0 Å². The van der Waals surface area contributed by atoms with E-state index in [0.717, 1.165) is 11.1 Å². The molecule has 4 heteroatoms. The molecular weight excluding hydrogens is 294 g/mol. The van der Waals surface area contributed by atoms with E-state index in [2.05, 4.69) is 6.58 Å². The lowest BCUT2D eigenvalue weighted by atomic mass is 10.2. The summed E-state index contributed by atoms with van der Waals surface area (Å²) < 4.78 is 27.1. The summed E-state index contributed by atoms with van der Waals surface area (Å²) in [4.78, 5) is 0.312. The van der Waals surface area contributed by atoms with E-state index >= 15 is 0 Å². The van der Waals surface area contributed by atoms with Gasteiger partial charge in [-0.05, 0) is 24.6 Å². The molecule has 114 valence electrons. The number of sulfonamides is 1. The zero-order valence-corrected chi connectivity index (χ0v) is 13.5. The lowest BCUT2D eigenvalue weighted by Crippen LogP contribution is -2.31. The molecule has 0 amide bonds. The predicted octanol–water partition coefficient (Wildman–Crippen LogP) is 3.58. The normalized spacial score (nSPS) is 11.4. The molecular formula is C18H20NO2S+. The molecule has 0 spiro atoms. The van der Waals surface area contributed by atoms with Crippen molar-refractivity contribution >= 4 is 10.0 Å². The Bertz CT molecular complexity index is 707. The summed E-state index contributed by atoms with van der Waals surface area (Å²) in [6.45, 7) is 6.20. The van der Waals surface area contributed by atoms with Gasteiger partial charge in [-0.15, -0.1) is 0 Å². The molecule has 2 aromatic carbocycles. The van der Waals surface area contributed by atoms with E-state index in [0.29, 0.717) is 18.0 Å². The lowest BCUT2D eigenvalue weighted by molar-refractivity contribution is 0.432. The van der Waals surface area contributed by atoms with E-state index in [1.807, 2.05) is 49.4 Å². The summed E-state index contributed by atoms with van der Waals surface area (Å²) in [5.41, 5.74) is 1.99. The minimum Gasteiger partial charge on any atom is -0.207 e. The maximum Gasteiger partial charge on any atom is 0.245 e. The second-order valence-corrected chi connectivity index (χ2v) is 7.01. The van der Waals surface area contributed by atoms with Gasteiger partial charge in [-0.1, -0.05) is 48.0 Å². The van der Waals surface area contributed by atoms with Gasteiger partial charge in [0.25, 0.3) is 0 Å². The predicted molar refractivity (Wildman–Crippen MR) is 89.7 cm³/mol. The zero-order chi connectivity index (χ0) is 16.0. The fourth-order valence-electron chi connectivity index (χ4n) is 2.09. The van der Waals surface area contributed by atoms with Crippen molar-refractivity contribution in [3.63, 3.8) is 0 Å². The van der Waals surface area contributed by atoms with E-state index in [1.54, 1.807) is 24.6 Å². The van der Waals surface area contributed by atoms with Crippen LogP contribution in [-0.4, -0.2) is 19.3 Å². The first-order valence-corrected chi connectivity index (χ1v) is 8.53. The van der Waals surface area contributed by atoms with E-state index < -0.39 is 10.0 Å². The van der Waals surface area contributed by atoms with Crippen molar-refractivity contribution in [2.75, 3.05) is 6.54 Å². The Hall–Kier alpha value is -2.04. The first-order chi connectivity index (χ1) is 10.5. The van der Waals surface area contributed by atoms with Gasteiger partial charge in [-0.3, -0.25) is 0 Å². The van der Waals surface area contributed by atoms with Gasteiger partial charge in [0, 0.05) is 13.1 Å². The Kier molecular flexibility index (Phi) is 5.41. The van der Waals surface area contributed by atoms with E-state index in [9.17, 15) is 8.42 Å². The summed E-state index contributed by atoms with van der Waals surface area (Å²) in [6, 6.07) is 16.5. The fraction of sp³-hybridized carbons (Fsp3) is 0.167. The van der Waals surface area contributed by atoms with E-state index in [4.69, 9.17) is 0 Å². The van der Waals surface area contributed by atoms with Gasteiger partial charge in [0.1, 0.15) is 0 Å². The number of hydrogen-bond acceptors (Lipinski definition) is 2. The third-order valence-electron chi connectivity index (χ3n) is 3.34. The molecule has 0 fully saturated rings. The number of aryl methyl sites for hydroxylation is 1. The quantitative estimate of drug-likeness (QED) is 0.733. The summed E-state index contributed by atoms with van der Waals surface area (Å²) >= 11 is 0. The molecule has 22 heavy (non-hydrogen) atoms. The molecule has 2 aromatic rings. The molecule has 0 aliphatic carbocycles. The van der Waals surface area contributed by atoms with Gasteiger partial charge < -0.3 is 0 Å². The number of rotatable bonds is 7. The van der Waals surface area contributed by atoms with Crippen LogP contribution in [-0.2, 0) is 16.6 Å². The number of hydrogen-bond donors (Lipinski definition) is 0. The molecule has 0 aliphatic rings. The Labute approximate surface area is 133 Å². The van der Waals surface area contributed by atoms with Crippen LogP contribution in [0.1, 0.15) is 11.1 Å². The van der Waals surface area contributed by atoms with Crippen molar-refractivity contribution < 1.29 is 8.42 Å². The Morgan fingerprint density at radius 1 is 1.09 bits per heavy atom. The molecule has 0 saturated heterocycles. The van der Waals surface area contributed by atoms with Crippen LogP contribution >= 0.6 is 0 Å². The second kappa shape index (κ2) is 7.29. The minimum absolute atomic E-state index is 0.300. The summed E-state index contributed by atoms with van der Waals surface area (Å²) in [5, 5.41) is 0. The van der Waals surface area contributed by atoms with E-state index in [1.165, 1.54) is 4.31 Å². The molecule has 0 saturated carbocycles. The van der Waals surface area contributed by atoms with Gasteiger partial charge >= 0.3 is 0 Å². The van der Waals surface area contributed by atoms with Crippen LogP contribution < -0.4 is 0 Å². The first kappa shape index (κ1) is 16.3. The van der Waals surface area contributed by atoms with Gasteiger partial charge in [0.05, 0.1) is 23.9 Å². The van der Waals surface area contributed by atoms with Gasteiger partial charge in [0.2, 0.25) is 10.0 Å². The summed E-state index contributed by atoms with van der Waals surface area (Å²) in [5.74, 6) is 0. The third-order valence-corrected chi connectivity index (χ3v) is 5.16. The number of nitrogens with zero attached hydrogens (tertiary/aromatic N) is 1. The Morgan fingerprint density at radius 3 is 2.32 bits per heavy atom. The summed E-state index contributed by atoms with van der Waals surface area (Å²) in [7, 11) is -3.53. The van der Waals surface area contributed by atoms with Crippen LogP contribution in [0.15, 0.2) is 72.1 Å². The average Bonchev–Trinajstić information content (AvgIpc) is 2.52. The molecule has 3 nitrogen and oxygen atoms in total. The summed E-state index contributed by atoms with van der Waals surface area (Å²) in [6.07, 6.45) is 3.36. The van der Waals surface area contributed by atoms with Crippen molar-refractivity contribution in [3.05, 3.63) is 84.8 Å². The highest BCUT2D eigenvalue weighted by Crippen LogP contribution is 2.19. The molecule has 0 aromatic heterocycles. The molecule has 0 aliphatic heterocycles. The smallest absolute Gasteiger partial charge is 0.207 e. The lowest BCUT2D eigenvalue weighted by Gasteiger charge is -2.20. The zero-order valence-electron chi connectivity index (χ0n) is 12.6. The Balaban J connectivity index is 2.30. The Morgan fingerprint density at radius 2 is 1.73 bits per heavy atom. The highest BCUT2D eigenvalue weighted by molar-refractivity contribution is 7.89. The average molecular weight is 314 g/mol. The second-order valence-electron chi connectivity index (χ2n) is 5.07. The maximum absolute atomic E-state index is 12.8. The molecule has 0 atom stereocenters. The highest BCUT2D eigenvalue weighted by atomic mass is 32.2. The molecule has 0 unspecified atom stereocenters. The van der Waals surface area contributed by atoms with Crippen molar-refractivity contribution in [1.82, 2.24) is 4.31 Å². The van der Waals surface area contributed by atoms with Crippen molar-refractivity contribution in [1.29, 1.82) is 0 Å². The molecule has 0 radical (unpaired) electrons. The van der Waals surface area contributed by atoms with E-state index in [-0.39, 0.29) is 0 Å². The highest BCUT2D eigenvalue weighted by Gasteiger charge is 2.25. The largest absolute Gasteiger partial charge is 0.245 e. The van der Waals surface area contributed by atoms with Gasteiger partial charge in [-0.2, -0.15) is 4.31 Å². The molecule has 2 rings (SSSR count). The monoisotopic (exact) mass is 314 g/mol. The molecule has 0 N–H and O–H groups in total. The standard InChI is InChI=1S/C18H20NO2S/c1-3-4-14-19(15-17-8-6-5-7-9-17)22(20,21)18-12-10-16(2)11-13-18/h3-13H,1,14-15H2,2H3/q+1. The molecule has 0 heterocycles. The van der Waals surface area contributed by atoms with Gasteiger partial charge in [-0.25, -0.2) is 8.42 Å². The first-order valence-electron chi connectivity index (χ1n) is 7.09. The topological polar surface area (TPSA) is 37.4 Å². The van der Waals surface area contributed by atoms with Crippen LogP contribution in [0.4, 0.5) is 0 Å².